The van der Waals surface area contributed by atoms with Gasteiger partial charge in [-0.3, -0.25) is 4.79 Å². The Balaban J connectivity index is 1.66. The Hall–Kier alpha value is -2.83. The van der Waals surface area contributed by atoms with Gasteiger partial charge in [0.1, 0.15) is 0 Å². The van der Waals surface area contributed by atoms with Gasteiger partial charge in [0.05, 0.1) is 22.9 Å². The van der Waals surface area contributed by atoms with Gasteiger partial charge in [0.2, 0.25) is 0 Å². The molecule has 0 atom stereocenters. The van der Waals surface area contributed by atoms with E-state index < -0.39 is 11.7 Å². The Bertz CT molecular complexity index is 838. The normalized spacial score (nSPS) is 11.6. The minimum absolute atomic E-state index is 0.151. The number of hydrogen-bond donors (Lipinski definition) is 2. The zero-order valence-corrected chi connectivity index (χ0v) is 11.8. The molecule has 7 heteroatoms. The molecular weight excluding hydrogens is 307 g/mol. The number of H-pyrrole nitrogens is 1. The van der Waals surface area contributed by atoms with Crippen LogP contribution in [0.15, 0.2) is 48.8 Å². The van der Waals surface area contributed by atoms with Crippen molar-refractivity contribution in [2.75, 3.05) is 0 Å². The number of fused-ring (bicyclic) bond motifs is 1. The topological polar surface area (TPSA) is 57.8 Å². The van der Waals surface area contributed by atoms with Crippen molar-refractivity contribution in [3.8, 4) is 0 Å². The molecule has 0 saturated heterocycles. The zero-order chi connectivity index (χ0) is 16.4. The van der Waals surface area contributed by atoms with E-state index in [-0.39, 0.29) is 12.5 Å². The summed E-state index contributed by atoms with van der Waals surface area (Å²) in [5.41, 5.74) is 1.83. The second-order valence-electron chi connectivity index (χ2n) is 5.01. The molecule has 23 heavy (non-hydrogen) atoms. The molecule has 0 unspecified atom stereocenters. The van der Waals surface area contributed by atoms with E-state index in [9.17, 15) is 18.0 Å². The van der Waals surface area contributed by atoms with Crippen LogP contribution in [-0.2, 0) is 12.7 Å². The monoisotopic (exact) mass is 319 g/mol. The Morgan fingerprint density at radius 2 is 1.87 bits per heavy atom. The van der Waals surface area contributed by atoms with Crippen molar-refractivity contribution in [2.24, 2.45) is 0 Å². The third kappa shape index (κ3) is 3.33. The summed E-state index contributed by atoms with van der Waals surface area (Å²) in [6.07, 6.45) is -2.82. The maximum atomic E-state index is 12.5. The lowest BCUT2D eigenvalue weighted by Gasteiger charge is -2.08. The number of benzene rings is 2. The molecule has 4 nitrogen and oxygen atoms in total. The first-order valence-corrected chi connectivity index (χ1v) is 6.81. The molecular formula is C16H12F3N3O. The molecule has 0 saturated carbocycles. The number of aromatic amines is 1. The Morgan fingerprint density at radius 3 is 2.57 bits per heavy atom. The number of hydrogen-bond acceptors (Lipinski definition) is 2. The molecule has 0 aliphatic heterocycles. The number of rotatable bonds is 3. The van der Waals surface area contributed by atoms with Crippen LogP contribution in [0.1, 0.15) is 21.5 Å². The number of nitrogens with one attached hydrogen (secondary N) is 2. The van der Waals surface area contributed by atoms with E-state index in [2.05, 4.69) is 15.3 Å². The molecule has 0 aliphatic rings. The number of aromatic nitrogens is 2. The predicted molar refractivity (Wildman–Crippen MR) is 78.7 cm³/mol. The highest BCUT2D eigenvalue weighted by molar-refractivity contribution is 5.97. The van der Waals surface area contributed by atoms with Crippen LogP contribution in [0.5, 0.6) is 0 Å². The third-order valence-corrected chi connectivity index (χ3v) is 3.42. The van der Waals surface area contributed by atoms with Gasteiger partial charge in [-0.1, -0.05) is 12.1 Å². The van der Waals surface area contributed by atoms with Crippen LogP contribution in [-0.4, -0.2) is 15.9 Å². The van der Waals surface area contributed by atoms with Gasteiger partial charge in [0.25, 0.3) is 5.91 Å². The van der Waals surface area contributed by atoms with Gasteiger partial charge in [0, 0.05) is 12.1 Å². The van der Waals surface area contributed by atoms with Gasteiger partial charge in [-0.05, 0) is 35.9 Å². The summed E-state index contributed by atoms with van der Waals surface area (Å²) < 4.78 is 37.4. The largest absolute Gasteiger partial charge is 0.416 e. The molecule has 0 aliphatic carbocycles. The Kier molecular flexibility index (Phi) is 3.77. The van der Waals surface area contributed by atoms with Crippen LogP contribution in [0, 0.1) is 0 Å². The quantitative estimate of drug-likeness (QED) is 0.776. The zero-order valence-electron chi connectivity index (χ0n) is 11.8. The number of nitrogens with zero attached hydrogens (tertiary/aromatic N) is 1. The van der Waals surface area contributed by atoms with Gasteiger partial charge in [0.15, 0.2) is 0 Å². The van der Waals surface area contributed by atoms with Crippen molar-refractivity contribution < 1.29 is 18.0 Å². The fraction of sp³-hybridized carbons (Fsp3) is 0.125. The highest BCUT2D eigenvalue weighted by Crippen LogP contribution is 2.29. The standard InChI is InChI=1S/C16H12F3N3O/c17-16(18,19)12-4-1-10(2-5-12)8-20-15(23)11-3-6-13-14(7-11)22-9-21-13/h1-7,9H,8H2,(H,20,23)(H,21,22). The summed E-state index contributed by atoms with van der Waals surface area (Å²) in [5.74, 6) is -0.304. The Labute approximate surface area is 129 Å². The summed E-state index contributed by atoms with van der Waals surface area (Å²) in [6.45, 7) is 0.151. The first-order chi connectivity index (χ1) is 10.9. The number of amides is 1. The Morgan fingerprint density at radius 1 is 1.13 bits per heavy atom. The average molecular weight is 319 g/mol. The minimum Gasteiger partial charge on any atom is -0.348 e. The summed E-state index contributed by atoms with van der Waals surface area (Å²) in [5, 5.41) is 2.68. The number of halogens is 3. The van der Waals surface area contributed by atoms with Crippen LogP contribution >= 0.6 is 0 Å². The van der Waals surface area contributed by atoms with Crippen molar-refractivity contribution in [3.05, 3.63) is 65.5 Å². The van der Waals surface area contributed by atoms with E-state index in [0.717, 1.165) is 23.2 Å². The van der Waals surface area contributed by atoms with Gasteiger partial charge >= 0.3 is 6.18 Å². The number of carbonyl (C=O) groups is 1. The van der Waals surface area contributed by atoms with E-state index in [4.69, 9.17) is 0 Å². The summed E-state index contributed by atoms with van der Waals surface area (Å²) >= 11 is 0. The first-order valence-electron chi connectivity index (χ1n) is 6.81. The fourth-order valence-electron chi connectivity index (χ4n) is 2.17. The molecule has 1 amide bonds. The second-order valence-corrected chi connectivity index (χ2v) is 5.01. The van der Waals surface area contributed by atoms with Gasteiger partial charge in [-0.2, -0.15) is 13.2 Å². The van der Waals surface area contributed by atoms with E-state index in [1.165, 1.54) is 18.5 Å². The van der Waals surface area contributed by atoms with Gasteiger partial charge < -0.3 is 10.3 Å². The van der Waals surface area contributed by atoms with E-state index in [1.807, 2.05) is 0 Å². The lowest BCUT2D eigenvalue weighted by Crippen LogP contribution is -2.22. The average Bonchev–Trinajstić information content (AvgIpc) is 2.99. The maximum absolute atomic E-state index is 12.5. The molecule has 0 bridgehead atoms. The van der Waals surface area contributed by atoms with Crippen molar-refractivity contribution in [1.82, 2.24) is 15.3 Å². The molecule has 0 spiro atoms. The minimum atomic E-state index is -4.36. The molecule has 118 valence electrons. The lowest BCUT2D eigenvalue weighted by molar-refractivity contribution is -0.137. The van der Waals surface area contributed by atoms with Crippen molar-refractivity contribution in [3.63, 3.8) is 0 Å². The van der Waals surface area contributed by atoms with Crippen LogP contribution in [0.25, 0.3) is 11.0 Å². The number of carbonyl (C=O) groups excluding carboxylic acids is 1. The molecule has 1 heterocycles. The molecule has 2 N–H and O–H groups in total. The predicted octanol–water partition coefficient (Wildman–Crippen LogP) is 3.51. The number of imidazole rings is 1. The fourth-order valence-corrected chi connectivity index (χ4v) is 2.17. The van der Waals surface area contributed by atoms with E-state index in [0.29, 0.717) is 11.1 Å². The number of alkyl halides is 3. The first kappa shape index (κ1) is 15.1. The molecule has 2 aromatic carbocycles. The summed E-state index contributed by atoms with van der Waals surface area (Å²) in [7, 11) is 0. The molecule has 1 aromatic heterocycles. The lowest BCUT2D eigenvalue weighted by atomic mass is 10.1. The SMILES string of the molecule is O=C(NCc1ccc(C(F)(F)F)cc1)c1ccc2nc[nH]c2c1. The molecule has 0 radical (unpaired) electrons. The van der Waals surface area contributed by atoms with Crippen LogP contribution in [0.2, 0.25) is 0 Å². The van der Waals surface area contributed by atoms with Crippen LogP contribution in [0.3, 0.4) is 0 Å². The van der Waals surface area contributed by atoms with Crippen molar-refractivity contribution in [1.29, 1.82) is 0 Å². The highest BCUT2D eigenvalue weighted by Gasteiger charge is 2.29. The maximum Gasteiger partial charge on any atom is 0.416 e. The van der Waals surface area contributed by atoms with Gasteiger partial charge in [-0.25, -0.2) is 4.98 Å². The highest BCUT2D eigenvalue weighted by atomic mass is 19.4. The third-order valence-electron chi connectivity index (χ3n) is 3.42. The summed E-state index contributed by atoms with van der Waals surface area (Å²) in [6, 6.07) is 9.73. The van der Waals surface area contributed by atoms with Crippen molar-refractivity contribution in [2.45, 2.75) is 12.7 Å². The van der Waals surface area contributed by atoms with Crippen LogP contribution in [0.4, 0.5) is 13.2 Å². The molecule has 0 fully saturated rings. The molecule has 3 aromatic rings. The smallest absolute Gasteiger partial charge is 0.348 e. The van der Waals surface area contributed by atoms with E-state index in [1.54, 1.807) is 18.2 Å². The van der Waals surface area contributed by atoms with Crippen LogP contribution < -0.4 is 5.32 Å². The summed E-state index contributed by atoms with van der Waals surface area (Å²) in [4.78, 5) is 19.1. The van der Waals surface area contributed by atoms with E-state index >= 15 is 0 Å². The van der Waals surface area contributed by atoms with Crippen molar-refractivity contribution >= 4 is 16.9 Å². The van der Waals surface area contributed by atoms with Gasteiger partial charge in [-0.15, -0.1) is 0 Å². The molecule has 3 rings (SSSR count). The second kappa shape index (κ2) is 5.75.